The average molecular weight is 833 g/mol. The van der Waals surface area contributed by atoms with Crippen LogP contribution in [0.3, 0.4) is 0 Å². The summed E-state index contributed by atoms with van der Waals surface area (Å²) < 4.78 is 0. The molecule has 0 N–H and O–H groups in total. The molecule has 6 aromatic rings. The first-order valence-electron chi connectivity index (χ1n) is 12.8. The van der Waals surface area contributed by atoms with Crippen molar-refractivity contribution in [3.8, 4) is 0 Å². The largest absolute Gasteiger partial charge is 2.00 e. The number of rotatable bonds is 6. The fourth-order valence-corrected chi connectivity index (χ4v) is 8.97. The van der Waals surface area contributed by atoms with Gasteiger partial charge in [-0.25, -0.2) is 0 Å². The number of halogens is 3. The van der Waals surface area contributed by atoms with Gasteiger partial charge in [0, 0.05) is 20.4 Å². The Morgan fingerprint density at radius 1 is 0.233 bits per heavy atom. The zero-order valence-corrected chi connectivity index (χ0v) is 29.9. The molecule has 43 heavy (non-hydrogen) atoms. The number of benzene rings is 6. The summed E-state index contributed by atoms with van der Waals surface area (Å²) in [5.74, 6) is 0. The molecule has 7 heteroatoms. The van der Waals surface area contributed by atoms with Crippen molar-refractivity contribution in [2.45, 2.75) is 0 Å². The SMILES string of the molecule is [Cl-].[Cl-].[Cl-].[O-2].[Re].c1ccc(P(c2ccccc2)c2ccccc2)cc1.c1ccc(P(c2ccccc2)c2ccccc2)cc1. The predicted molar refractivity (Wildman–Crippen MR) is 171 cm³/mol. The van der Waals surface area contributed by atoms with Crippen LogP contribution in [0.5, 0.6) is 0 Å². The Morgan fingerprint density at radius 3 is 0.465 bits per heavy atom. The van der Waals surface area contributed by atoms with Gasteiger partial charge >= 0.3 is 0 Å². The molecule has 0 bridgehead atoms. The molecule has 0 unspecified atom stereocenters. The van der Waals surface area contributed by atoms with Gasteiger partial charge in [-0.15, -0.1) is 0 Å². The summed E-state index contributed by atoms with van der Waals surface area (Å²) in [5, 5.41) is 8.39. The third-order valence-corrected chi connectivity index (χ3v) is 11.0. The maximum atomic E-state index is 2.23. The summed E-state index contributed by atoms with van der Waals surface area (Å²) in [4.78, 5) is 0. The van der Waals surface area contributed by atoms with Gasteiger partial charge in [-0.05, 0) is 47.7 Å². The van der Waals surface area contributed by atoms with Gasteiger partial charge in [0.2, 0.25) is 0 Å². The third kappa shape index (κ3) is 11.6. The first-order chi connectivity index (χ1) is 18.9. The molecule has 0 aromatic heterocycles. The molecular weight excluding hydrogens is 803 g/mol. The Bertz CT molecular complexity index is 1200. The van der Waals surface area contributed by atoms with E-state index < -0.39 is 15.8 Å². The van der Waals surface area contributed by atoms with Gasteiger partial charge in [0.05, 0.1) is 0 Å². The van der Waals surface area contributed by atoms with E-state index in [1.807, 2.05) is 0 Å². The molecule has 0 aliphatic carbocycles. The minimum atomic E-state index is -0.446. The van der Waals surface area contributed by atoms with Crippen molar-refractivity contribution in [2.24, 2.45) is 0 Å². The fourth-order valence-electron chi connectivity index (χ4n) is 4.36. The van der Waals surface area contributed by atoms with Crippen LogP contribution < -0.4 is 69.0 Å². The normalized spacial score (nSPS) is 9.35. The fraction of sp³-hybridized carbons (Fsp3) is 0. The van der Waals surface area contributed by atoms with Crippen molar-refractivity contribution in [3.63, 3.8) is 0 Å². The van der Waals surface area contributed by atoms with Crippen molar-refractivity contribution in [2.75, 3.05) is 0 Å². The molecular formula is C36H30Cl3OP2Re-5. The molecule has 0 fully saturated rings. The quantitative estimate of drug-likeness (QED) is 0.171. The second kappa shape index (κ2) is 22.2. The van der Waals surface area contributed by atoms with Crippen molar-refractivity contribution < 1.29 is 63.1 Å². The summed E-state index contributed by atoms with van der Waals surface area (Å²) in [6.45, 7) is 0. The molecule has 6 rings (SSSR count). The Kier molecular flexibility index (Phi) is 21.0. The first kappa shape index (κ1) is 40.7. The maximum absolute atomic E-state index is 2.23. The van der Waals surface area contributed by atoms with Crippen LogP contribution in [-0.4, -0.2) is 0 Å². The van der Waals surface area contributed by atoms with E-state index in [9.17, 15) is 0 Å². The standard InChI is InChI=1S/2C18H15P.3ClH.O.Re/c2*1-4-10-16(11-5-1)19(17-12-6-2-7-13-17)18-14-8-3-9-15-18;;;;;/h2*1-15H;3*1H;;/q;;;;;-2;/p-3. The van der Waals surface area contributed by atoms with Crippen molar-refractivity contribution in [3.05, 3.63) is 182 Å². The third-order valence-electron chi connectivity index (χ3n) is 6.09. The van der Waals surface area contributed by atoms with Gasteiger partial charge in [0.15, 0.2) is 0 Å². The van der Waals surface area contributed by atoms with Crippen LogP contribution in [0.2, 0.25) is 0 Å². The van der Waals surface area contributed by atoms with Gasteiger partial charge in [-0.3, -0.25) is 0 Å². The summed E-state index contributed by atoms with van der Waals surface area (Å²) in [6.07, 6.45) is 0. The maximum Gasteiger partial charge on any atom is 0 e. The molecule has 0 heterocycles. The van der Waals surface area contributed by atoms with Gasteiger partial charge in [-0.2, -0.15) is 0 Å². The molecule has 0 spiro atoms. The van der Waals surface area contributed by atoms with Crippen LogP contribution in [0.4, 0.5) is 0 Å². The van der Waals surface area contributed by atoms with Crippen LogP contribution in [0.15, 0.2) is 182 Å². The summed E-state index contributed by atoms with van der Waals surface area (Å²) in [5.41, 5.74) is 0. The smallest absolute Gasteiger partial charge is 0 e. The number of hydrogen-bond donors (Lipinski definition) is 0. The van der Waals surface area contributed by atoms with Crippen molar-refractivity contribution in [1.82, 2.24) is 0 Å². The second-order valence-corrected chi connectivity index (χ2v) is 13.1. The molecule has 1 radical (unpaired) electrons. The summed E-state index contributed by atoms with van der Waals surface area (Å²) in [7, 11) is -0.892. The summed E-state index contributed by atoms with van der Waals surface area (Å²) >= 11 is 0. The van der Waals surface area contributed by atoms with E-state index in [1.165, 1.54) is 31.8 Å². The van der Waals surface area contributed by atoms with E-state index in [-0.39, 0.29) is 63.1 Å². The van der Waals surface area contributed by atoms with Gasteiger partial charge in [-0.1, -0.05) is 182 Å². The molecule has 1 nitrogen and oxygen atoms in total. The Hall–Kier alpha value is -2.33. The average Bonchev–Trinajstić information content (AvgIpc) is 3.01. The zero-order chi connectivity index (χ0) is 25.8. The zero-order valence-electron chi connectivity index (χ0n) is 23.1. The Balaban J connectivity index is 0.000000735. The molecule has 0 aliphatic heterocycles. The van der Waals surface area contributed by atoms with Gasteiger partial charge < -0.3 is 42.7 Å². The van der Waals surface area contributed by atoms with Gasteiger partial charge in [0.1, 0.15) is 0 Å². The van der Waals surface area contributed by atoms with Crippen LogP contribution in [0.1, 0.15) is 0 Å². The first-order valence-corrected chi connectivity index (χ1v) is 15.5. The molecule has 223 valence electrons. The van der Waals surface area contributed by atoms with Crippen LogP contribution >= 0.6 is 15.8 Å². The minimum absolute atomic E-state index is 0. The van der Waals surface area contributed by atoms with Crippen LogP contribution in [0, 0.1) is 0 Å². The monoisotopic (exact) mass is 832 g/mol. The molecule has 0 aliphatic rings. The second-order valence-electron chi connectivity index (χ2n) is 8.68. The van der Waals surface area contributed by atoms with E-state index in [2.05, 4.69) is 182 Å². The molecule has 6 aromatic carbocycles. The van der Waals surface area contributed by atoms with E-state index >= 15 is 0 Å². The van der Waals surface area contributed by atoms with E-state index in [0.717, 1.165) is 0 Å². The topological polar surface area (TPSA) is 28.5 Å². The minimum Gasteiger partial charge on any atom is -2.00 e. The van der Waals surface area contributed by atoms with E-state index in [1.54, 1.807) is 0 Å². The van der Waals surface area contributed by atoms with Gasteiger partial charge in [0.25, 0.3) is 0 Å². The van der Waals surface area contributed by atoms with Crippen molar-refractivity contribution in [1.29, 1.82) is 0 Å². The molecule has 0 atom stereocenters. The molecule has 0 saturated heterocycles. The van der Waals surface area contributed by atoms with Crippen molar-refractivity contribution >= 4 is 47.7 Å². The van der Waals surface area contributed by atoms with E-state index in [0.29, 0.717) is 0 Å². The Labute approximate surface area is 290 Å². The predicted octanol–water partition coefficient (Wildman–Crippen LogP) is -2.22. The summed E-state index contributed by atoms with van der Waals surface area (Å²) in [6, 6.07) is 64.7. The van der Waals surface area contributed by atoms with Crippen LogP contribution in [-0.2, 0) is 25.9 Å². The molecule has 0 amide bonds. The molecule has 0 saturated carbocycles. The van der Waals surface area contributed by atoms with E-state index in [4.69, 9.17) is 0 Å². The number of hydrogen-bond acceptors (Lipinski definition) is 0. The Morgan fingerprint density at radius 2 is 0.349 bits per heavy atom. The van der Waals surface area contributed by atoms with Crippen LogP contribution in [0.25, 0.3) is 0 Å².